The standard InChI is InChI=1S/C4H2Cl6N2/c5-1-12-2(6)11-3(7,8)4(12,9)10/h1H2. The van der Waals surface area contributed by atoms with E-state index in [0.29, 0.717) is 0 Å². The number of hydrogen-bond donors (Lipinski definition) is 0. The predicted octanol–water partition coefficient (Wildman–Crippen LogP) is 3.36. The lowest BCUT2D eigenvalue weighted by Crippen LogP contribution is -2.45. The van der Waals surface area contributed by atoms with Gasteiger partial charge in [-0.05, 0) is 11.6 Å². The quantitative estimate of drug-likeness (QED) is 0.534. The fourth-order valence-corrected chi connectivity index (χ4v) is 2.34. The first-order valence-corrected chi connectivity index (χ1v) is 5.10. The highest BCUT2D eigenvalue weighted by atomic mass is 35.5. The molecule has 0 saturated carbocycles. The molecule has 0 aromatic rings. The Balaban J connectivity index is 3.03. The van der Waals surface area contributed by atoms with Gasteiger partial charge in [-0.3, -0.25) is 4.90 Å². The van der Waals surface area contributed by atoms with E-state index >= 15 is 0 Å². The second-order valence-electron chi connectivity index (χ2n) is 2.01. The highest BCUT2D eigenvalue weighted by Gasteiger charge is 2.57. The van der Waals surface area contributed by atoms with Gasteiger partial charge >= 0.3 is 0 Å². The minimum atomic E-state index is -1.69. The summed E-state index contributed by atoms with van der Waals surface area (Å²) in [5.41, 5.74) is 0. The maximum Gasteiger partial charge on any atom is 0.262 e. The third kappa shape index (κ3) is 1.58. The van der Waals surface area contributed by atoms with Crippen molar-refractivity contribution in [2.75, 3.05) is 6.00 Å². The summed E-state index contributed by atoms with van der Waals surface area (Å²) < 4.78 is -3.32. The molecule has 8 heteroatoms. The molecule has 0 N–H and O–H groups in total. The topological polar surface area (TPSA) is 15.6 Å². The summed E-state index contributed by atoms with van der Waals surface area (Å²) in [6, 6.07) is -0.0451. The lowest BCUT2D eigenvalue weighted by Gasteiger charge is -2.30. The van der Waals surface area contributed by atoms with Crippen LogP contribution in [0.3, 0.4) is 0 Å². The van der Waals surface area contributed by atoms with E-state index < -0.39 is 8.91 Å². The van der Waals surface area contributed by atoms with Gasteiger partial charge in [0.1, 0.15) is 0 Å². The van der Waals surface area contributed by atoms with E-state index in [-0.39, 0.29) is 11.3 Å². The average molecular weight is 291 g/mol. The molecule has 70 valence electrons. The van der Waals surface area contributed by atoms with Gasteiger partial charge in [-0.2, -0.15) is 0 Å². The molecule has 0 amide bonds. The van der Waals surface area contributed by atoms with E-state index in [4.69, 9.17) is 69.6 Å². The summed E-state index contributed by atoms with van der Waals surface area (Å²) in [4.78, 5) is 4.78. The van der Waals surface area contributed by atoms with E-state index in [1.807, 2.05) is 0 Å². The molecule has 0 radical (unpaired) electrons. The SMILES string of the molecule is ClCN1C(Cl)=NC(Cl)(Cl)C1(Cl)Cl. The molecule has 1 aliphatic heterocycles. The molecule has 0 aromatic heterocycles. The second kappa shape index (κ2) is 3.41. The summed E-state index contributed by atoms with van der Waals surface area (Å²) >= 11 is 33.9. The van der Waals surface area contributed by atoms with Crippen molar-refractivity contribution in [1.29, 1.82) is 0 Å². The van der Waals surface area contributed by atoms with Crippen LogP contribution in [0.25, 0.3) is 0 Å². The molecule has 0 aromatic carbocycles. The van der Waals surface area contributed by atoms with Crippen molar-refractivity contribution in [3.05, 3.63) is 0 Å². The molecule has 0 aliphatic carbocycles. The highest BCUT2D eigenvalue weighted by Crippen LogP contribution is 2.50. The first-order chi connectivity index (χ1) is 5.33. The van der Waals surface area contributed by atoms with Crippen LogP contribution in [0.1, 0.15) is 0 Å². The minimum absolute atomic E-state index is 0.0139. The normalized spacial score (nSPS) is 25.8. The fourth-order valence-electron chi connectivity index (χ4n) is 0.646. The smallest absolute Gasteiger partial charge is 0.262 e. The largest absolute Gasteiger partial charge is 0.297 e. The number of alkyl halides is 5. The van der Waals surface area contributed by atoms with Gasteiger partial charge in [0, 0.05) is 0 Å². The molecule has 1 aliphatic rings. The Hall–Kier alpha value is 1.21. The van der Waals surface area contributed by atoms with Crippen molar-refractivity contribution < 1.29 is 0 Å². The zero-order valence-corrected chi connectivity index (χ0v) is 9.90. The Morgan fingerprint density at radius 1 is 1.25 bits per heavy atom. The third-order valence-electron chi connectivity index (χ3n) is 1.28. The van der Waals surface area contributed by atoms with Crippen LogP contribution >= 0.6 is 69.6 Å². The molecule has 1 heterocycles. The Morgan fingerprint density at radius 2 is 1.75 bits per heavy atom. The third-order valence-corrected chi connectivity index (χ3v) is 3.86. The molecule has 12 heavy (non-hydrogen) atoms. The van der Waals surface area contributed by atoms with E-state index in [1.54, 1.807) is 0 Å². The molecular weight excluding hydrogens is 289 g/mol. The first kappa shape index (κ1) is 11.3. The Morgan fingerprint density at radius 3 is 1.92 bits per heavy atom. The van der Waals surface area contributed by atoms with Crippen LogP contribution < -0.4 is 0 Å². The van der Waals surface area contributed by atoms with Crippen LogP contribution in [0.5, 0.6) is 0 Å². The Bertz CT molecular complexity index is 224. The number of nitrogens with zero attached hydrogens (tertiary/aromatic N) is 2. The minimum Gasteiger partial charge on any atom is -0.297 e. The van der Waals surface area contributed by atoms with E-state index in [9.17, 15) is 0 Å². The summed E-state index contributed by atoms with van der Waals surface area (Å²) in [6.45, 7) is 0. The van der Waals surface area contributed by atoms with Crippen molar-refractivity contribution in [1.82, 2.24) is 4.90 Å². The lowest BCUT2D eigenvalue weighted by atomic mass is 10.6. The van der Waals surface area contributed by atoms with Gasteiger partial charge in [0.15, 0.2) is 5.29 Å². The summed E-state index contributed by atoms with van der Waals surface area (Å²) in [7, 11) is 0. The molecule has 0 saturated heterocycles. The summed E-state index contributed by atoms with van der Waals surface area (Å²) in [6.07, 6.45) is 0. The average Bonchev–Trinajstić information content (AvgIpc) is 1.99. The summed E-state index contributed by atoms with van der Waals surface area (Å²) in [5, 5.41) is -0.0139. The van der Waals surface area contributed by atoms with E-state index in [0.717, 1.165) is 0 Å². The second-order valence-corrected chi connectivity index (χ2v) is 5.16. The van der Waals surface area contributed by atoms with Gasteiger partial charge in [0.25, 0.3) is 4.46 Å². The first-order valence-electron chi connectivity index (χ1n) is 2.67. The van der Waals surface area contributed by atoms with Crippen LogP contribution in [0.15, 0.2) is 4.99 Å². The number of aliphatic imine (C=N–C) groups is 1. The van der Waals surface area contributed by atoms with Crippen molar-refractivity contribution in [3.8, 4) is 0 Å². The van der Waals surface area contributed by atoms with Crippen LogP contribution in [-0.2, 0) is 0 Å². The monoisotopic (exact) mass is 288 g/mol. The maximum atomic E-state index is 5.76. The number of rotatable bonds is 1. The molecule has 0 spiro atoms. The van der Waals surface area contributed by atoms with Crippen LogP contribution in [-0.4, -0.2) is 25.1 Å². The number of halogens is 6. The van der Waals surface area contributed by atoms with Gasteiger partial charge in [-0.15, -0.1) is 11.6 Å². The molecule has 0 unspecified atom stereocenters. The Labute approximate surface area is 99.3 Å². The summed E-state index contributed by atoms with van der Waals surface area (Å²) in [5.74, 6) is 0. The zero-order chi connectivity index (χ0) is 9.57. The van der Waals surface area contributed by atoms with E-state index in [2.05, 4.69) is 4.99 Å². The highest BCUT2D eigenvalue weighted by molar-refractivity contribution is 6.71. The van der Waals surface area contributed by atoms with Crippen LogP contribution in [0.4, 0.5) is 0 Å². The van der Waals surface area contributed by atoms with Crippen LogP contribution in [0.2, 0.25) is 0 Å². The molecule has 0 bridgehead atoms. The molecule has 1 rings (SSSR count). The lowest BCUT2D eigenvalue weighted by molar-refractivity contribution is 0.418. The molecule has 2 nitrogen and oxygen atoms in total. The van der Waals surface area contributed by atoms with Crippen LogP contribution in [0, 0.1) is 0 Å². The predicted molar refractivity (Wildman–Crippen MR) is 54.7 cm³/mol. The Kier molecular flexibility index (Phi) is 3.21. The van der Waals surface area contributed by atoms with Crippen molar-refractivity contribution in [2.24, 2.45) is 4.99 Å². The van der Waals surface area contributed by atoms with Gasteiger partial charge < -0.3 is 0 Å². The van der Waals surface area contributed by atoms with E-state index in [1.165, 1.54) is 4.90 Å². The zero-order valence-electron chi connectivity index (χ0n) is 5.37. The van der Waals surface area contributed by atoms with Gasteiger partial charge in [-0.25, -0.2) is 4.99 Å². The van der Waals surface area contributed by atoms with Gasteiger partial charge in [0.2, 0.25) is 4.46 Å². The molecular formula is C4H2Cl6N2. The number of hydrogen-bond acceptors (Lipinski definition) is 2. The molecule has 0 atom stereocenters. The van der Waals surface area contributed by atoms with Gasteiger partial charge in [0.05, 0.1) is 6.00 Å². The molecule has 0 fully saturated rings. The van der Waals surface area contributed by atoms with Crippen molar-refractivity contribution in [3.63, 3.8) is 0 Å². The van der Waals surface area contributed by atoms with Gasteiger partial charge in [-0.1, -0.05) is 46.4 Å². The fraction of sp³-hybridized carbons (Fsp3) is 0.750. The number of amidine groups is 1. The maximum absolute atomic E-state index is 5.76. The van der Waals surface area contributed by atoms with Crippen molar-refractivity contribution >= 4 is 74.9 Å². The van der Waals surface area contributed by atoms with Crippen molar-refractivity contribution in [2.45, 2.75) is 8.91 Å².